The minimum absolute atomic E-state index is 0.115. The van der Waals surface area contributed by atoms with Crippen LogP contribution in [-0.4, -0.2) is 14.2 Å². The van der Waals surface area contributed by atoms with E-state index in [0.29, 0.717) is 10.8 Å². The highest BCUT2D eigenvalue weighted by Crippen LogP contribution is 2.28. The van der Waals surface area contributed by atoms with Crippen LogP contribution in [0.1, 0.15) is 17.2 Å². The number of hydrogen-bond acceptors (Lipinski definition) is 2. The predicted molar refractivity (Wildman–Crippen MR) is 79.9 cm³/mol. The molecule has 0 saturated carbocycles. The van der Waals surface area contributed by atoms with E-state index in [1.807, 2.05) is 25.2 Å². The fourth-order valence-corrected chi connectivity index (χ4v) is 2.41. The molecule has 0 saturated heterocycles. The standard InChI is InChI=1S/C16H17ClFNO/c1-19-15(9-11-3-6-13(18)7-4-11)12-5-8-16(20-2)14(17)10-12/h3-8,10,15,19H,9H2,1-2H3. The van der Waals surface area contributed by atoms with Crippen molar-refractivity contribution in [3.63, 3.8) is 0 Å². The summed E-state index contributed by atoms with van der Waals surface area (Å²) in [4.78, 5) is 0. The Kier molecular flexibility index (Phi) is 4.99. The van der Waals surface area contributed by atoms with Gasteiger partial charge in [-0.1, -0.05) is 29.8 Å². The van der Waals surface area contributed by atoms with Crippen LogP contribution >= 0.6 is 11.6 Å². The summed E-state index contributed by atoms with van der Waals surface area (Å²) in [7, 11) is 3.49. The predicted octanol–water partition coefficient (Wildman–Crippen LogP) is 3.99. The highest BCUT2D eigenvalue weighted by Gasteiger charge is 2.12. The van der Waals surface area contributed by atoms with Crippen molar-refractivity contribution in [1.82, 2.24) is 5.32 Å². The van der Waals surface area contributed by atoms with Crippen molar-refractivity contribution in [2.24, 2.45) is 0 Å². The molecule has 0 radical (unpaired) electrons. The van der Waals surface area contributed by atoms with Crippen LogP contribution in [0.3, 0.4) is 0 Å². The first-order valence-electron chi connectivity index (χ1n) is 6.39. The first-order valence-corrected chi connectivity index (χ1v) is 6.77. The summed E-state index contributed by atoms with van der Waals surface area (Å²) in [6.45, 7) is 0. The van der Waals surface area contributed by atoms with Gasteiger partial charge >= 0.3 is 0 Å². The summed E-state index contributed by atoms with van der Waals surface area (Å²) in [5, 5.41) is 3.84. The molecule has 106 valence electrons. The molecule has 0 aliphatic carbocycles. The van der Waals surface area contributed by atoms with Crippen molar-refractivity contribution in [2.75, 3.05) is 14.2 Å². The van der Waals surface area contributed by atoms with Crippen molar-refractivity contribution >= 4 is 11.6 Å². The minimum Gasteiger partial charge on any atom is -0.495 e. The second-order valence-corrected chi connectivity index (χ2v) is 4.97. The van der Waals surface area contributed by atoms with E-state index in [0.717, 1.165) is 17.5 Å². The van der Waals surface area contributed by atoms with Crippen molar-refractivity contribution in [3.05, 3.63) is 64.4 Å². The van der Waals surface area contributed by atoms with Gasteiger partial charge < -0.3 is 10.1 Å². The van der Waals surface area contributed by atoms with Crippen LogP contribution in [0.25, 0.3) is 0 Å². The third kappa shape index (κ3) is 3.50. The van der Waals surface area contributed by atoms with Crippen molar-refractivity contribution < 1.29 is 9.13 Å². The summed E-state index contributed by atoms with van der Waals surface area (Å²) in [5.74, 6) is 0.439. The Bertz CT molecular complexity index is 571. The maximum absolute atomic E-state index is 12.9. The van der Waals surface area contributed by atoms with Crippen LogP contribution in [0.5, 0.6) is 5.75 Å². The van der Waals surface area contributed by atoms with Crippen LogP contribution in [-0.2, 0) is 6.42 Å². The quantitative estimate of drug-likeness (QED) is 0.900. The van der Waals surface area contributed by atoms with E-state index in [1.165, 1.54) is 12.1 Å². The number of rotatable bonds is 5. The summed E-state index contributed by atoms with van der Waals surface area (Å²) in [6.07, 6.45) is 0.763. The molecule has 4 heteroatoms. The van der Waals surface area contributed by atoms with Gasteiger partial charge in [0.1, 0.15) is 11.6 Å². The first kappa shape index (κ1) is 14.8. The highest BCUT2D eigenvalue weighted by atomic mass is 35.5. The molecule has 0 aliphatic heterocycles. The number of methoxy groups -OCH3 is 1. The number of halogens is 2. The fraction of sp³-hybridized carbons (Fsp3) is 0.250. The zero-order chi connectivity index (χ0) is 14.5. The monoisotopic (exact) mass is 293 g/mol. The van der Waals surface area contributed by atoms with Crippen LogP contribution in [0, 0.1) is 5.82 Å². The van der Waals surface area contributed by atoms with E-state index in [9.17, 15) is 4.39 Å². The van der Waals surface area contributed by atoms with Gasteiger partial charge in [-0.3, -0.25) is 0 Å². The van der Waals surface area contributed by atoms with E-state index in [4.69, 9.17) is 16.3 Å². The normalized spacial score (nSPS) is 12.2. The van der Waals surface area contributed by atoms with Gasteiger partial charge in [0.2, 0.25) is 0 Å². The lowest BCUT2D eigenvalue weighted by Gasteiger charge is -2.18. The highest BCUT2D eigenvalue weighted by molar-refractivity contribution is 6.32. The lowest BCUT2D eigenvalue weighted by Crippen LogP contribution is -2.18. The Morgan fingerprint density at radius 1 is 1.20 bits per heavy atom. The number of nitrogens with one attached hydrogen (secondary N) is 1. The number of hydrogen-bond donors (Lipinski definition) is 1. The van der Waals surface area contributed by atoms with Crippen LogP contribution in [0.15, 0.2) is 42.5 Å². The lowest BCUT2D eigenvalue weighted by molar-refractivity contribution is 0.414. The molecule has 0 amide bonds. The molecule has 0 fully saturated rings. The molecule has 2 aromatic carbocycles. The molecule has 1 N–H and O–H groups in total. The molecule has 2 aromatic rings. The summed E-state index contributed by atoms with van der Waals surface area (Å²) in [5.41, 5.74) is 2.14. The molecule has 0 aliphatic rings. The third-order valence-electron chi connectivity index (χ3n) is 3.28. The van der Waals surface area contributed by atoms with Gasteiger partial charge in [0.05, 0.1) is 12.1 Å². The van der Waals surface area contributed by atoms with E-state index >= 15 is 0 Å². The van der Waals surface area contributed by atoms with Crippen LogP contribution < -0.4 is 10.1 Å². The Hall–Kier alpha value is -1.58. The fourth-order valence-electron chi connectivity index (χ4n) is 2.14. The van der Waals surface area contributed by atoms with Crippen LogP contribution in [0.4, 0.5) is 4.39 Å². The van der Waals surface area contributed by atoms with Gasteiger partial charge in [-0.2, -0.15) is 0 Å². The second-order valence-electron chi connectivity index (χ2n) is 4.57. The van der Waals surface area contributed by atoms with Gasteiger partial charge in [0, 0.05) is 6.04 Å². The number of benzene rings is 2. The SMILES string of the molecule is CNC(Cc1ccc(F)cc1)c1ccc(OC)c(Cl)c1. The molecule has 0 spiro atoms. The van der Waals surface area contributed by atoms with Crippen molar-refractivity contribution in [1.29, 1.82) is 0 Å². The zero-order valence-electron chi connectivity index (χ0n) is 11.5. The van der Waals surface area contributed by atoms with Gasteiger partial charge in [-0.25, -0.2) is 4.39 Å². The first-order chi connectivity index (χ1) is 9.63. The van der Waals surface area contributed by atoms with Crippen LogP contribution in [0.2, 0.25) is 5.02 Å². The Morgan fingerprint density at radius 2 is 1.90 bits per heavy atom. The Labute approximate surface area is 123 Å². The van der Waals surface area contributed by atoms with Gasteiger partial charge in [-0.15, -0.1) is 0 Å². The van der Waals surface area contributed by atoms with Gasteiger partial charge in [0.25, 0.3) is 0 Å². The molecular formula is C16H17ClFNO. The van der Waals surface area contributed by atoms with Gasteiger partial charge in [-0.05, 0) is 48.9 Å². The lowest BCUT2D eigenvalue weighted by atomic mass is 9.99. The molecular weight excluding hydrogens is 277 g/mol. The Balaban J connectivity index is 2.19. The average molecular weight is 294 g/mol. The molecule has 0 bridgehead atoms. The molecule has 0 aromatic heterocycles. The smallest absolute Gasteiger partial charge is 0.137 e. The van der Waals surface area contributed by atoms with E-state index in [2.05, 4.69) is 5.32 Å². The summed E-state index contributed by atoms with van der Waals surface area (Å²) < 4.78 is 18.1. The minimum atomic E-state index is -0.220. The molecule has 1 atom stereocenters. The van der Waals surface area contributed by atoms with Gasteiger partial charge in [0.15, 0.2) is 0 Å². The molecule has 1 unspecified atom stereocenters. The maximum Gasteiger partial charge on any atom is 0.137 e. The van der Waals surface area contributed by atoms with E-state index < -0.39 is 0 Å². The second kappa shape index (κ2) is 6.73. The number of ether oxygens (including phenoxy) is 1. The topological polar surface area (TPSA) is 21.3 Å². The molecule has 0 heterocycles. The third-order valence-corrected chi connectivity index (χ3v) is 3.58. The maximum atomic E-state index is 12.9. The van der Waals surface area contributed by atoms with E-state index in [1.54, 1.807) is 19.2 Å². The Morgan fingerprint density at radius 3 is 2.45 bits per heavy atom. The molecule has 2 rings (SSSR count). The molecule has 2 nitrogen and oxygen atoms in total. The average Bonchev–Trinajstić information content (AvgIpc) is 2.46. The van der Waals surface area contributed by atoms with Crippen molar-refractivity contribution in [2.45, 2.75) is 12.5 Å². The van der Waals surface area contributed by atoms with Crippen molar-refractivity contribution in [3.8, 4) is 5.75 Å². The summed E-state index contributed by atoms with van der Waals surface area (Å²) >= 11 is 6.15. The molecule has 20 heavy (non-hydrogen) atoms. The van der Waals surface area contributed by atoms with E-state index in [-0.39, 0.29) is 11.9 Å². The zero-order valence-corrected chi connectivity index (χ0v) is 12.2. The largest absolute Gasteiger partial charge is 0.495 e. The number of likely N-dealkylation sites (N-methyl/N-ethyl adjacent to an activating group) is 1. The summed E-state index contributed by atoms with van der Waals surface area (Å²) in [6, 6.07) is 12.4.